The fraction of sp³-hybridized carbons (Fsp3) is 0.692. The SMILES string of the molecule is CC(=O)NC(C)C(C)(C)C(=O)OC1CC2(O)C(OC(=O)c3ccccc3)C3C4(OC(C)=O)COC4CC(O)C3(C)C3OC(CN)OC3C(=C1C)C2(C)C. The van der Waals surface area contributed by atoms with E-state index in [2.05, 4.69) is 5.32 Å². The Morgan fingerprint density at radius 3 is 2.30 bits per heavy atom. The normalized spacial score (nSPS) is 39.1. The number of hydrogen-bond donors (Lipinski definition) is 4. The van der Waals surface area contributed by atoms with E-state index in [-0.39, 0.29) is 37.5 Å². The summed E-state index contributed by atoms with van der Waals surface area (Å²) in [4.78, 5) is 53.2. The molecule has 0 spiro atoms. The first-order chi connectivity index (χ1) is 24.7. The molecule has 2 bridgehead atoms. The summed E-state index contributed by atoms with van der Waals surface area (Å²) in [5.74, 6) is -3.47. The molecule has 0 radical (unpaired) electrons. The van der Waals surface area contributed by atoms with Crippen LogP contribution in [0.4, 0.5) is 0 Å². The molecule has 0 aromatic heterocycles. The highest BCUT2D eigenvalue weighted by atomic mass is 16.7. The van der Waals surface area contributed by atoms with Gasteiger partial charge in [-0.15, -0.1) is 0 Å². The van der Waals surface area contributed by atoms with Crippen LogP contribution in [-0.4, -0.2) is 107 Å². The van der Waals surface area contributed by atoms with E-state index in [4.69, 9.17) is 34.2 Å². The third-order valence-electron chi connectivity index (χ3n) is 13.2. The molecule has 4 fully saturated rings. The number of benzene rings is 1. The second kappa shape index (κ2) is 13.4. The average molecular weight is 743 g/mol. The first-order valence-corrected chi connectivity index (χ1v) is 18.3. The molecule has 6 rings (SSSR count). The van der Waals surface area contributed by atoms with Crippen molar-refractivity contribution < 1.29 is 57.8 Å². The van der Waals surface area contributed by atoms with Crippen molar-refractivity contribution in [3.8, 4) is 0 Å². The Kier molecular flexibility index (Phi) is 9.95. The summed E-state index contributed by atoms with van der Waals surface area (Å²) in [7, 11) is 0. The van der Waals surface area contributed by atoms with E-state index in [0.29, 0.717) is 11.1 Å². The van der Waals surface area contributed by atoms with Crippen molar-refractivity contribution in [2.45, 2.75) is 135 Å². The lowest BCUT2D eigenvalue weighted by Gasteiger charge is -2.68. The second-order valence-electron chi connectivity index (χ2n) is 16.8. The van der Waals surface area contributed by atoms with Crippen molar-refractivity contribution >= 4 is 23.8 Å². The minimum absolute atomic E-state index is 0.0399. The van der Waals surface area contributed by atoms with Gasteiger partial charge in [-0.25, -0.2) is 4.79 Å². The lowest BCUT2D eigenvalue weighted by Crippen LogP contribution is -2.82. The Morgan fingerprint density at radius 2 is 1.74 bits per heavy atom. The smallest absolute Gasteiger partial charge is 0.338 e. The molecule has 2 saturated carbocycles. The topological polar surface area (TPSA) is 202 Å². The van der Waals surface area contributed by atoms with E-state index >= 15 is 0 Å². The molecule has 14 nitrogen and oxygen atoms in total. The van der Waals surface area contributed by atoms with Crippen LogP contribution < -0.4 is 11.1 Å². The lowest BCUT2D eigenvalue weighted by atomic mass is 9.44. The van der Waals surface area contributed by atoms with Crippen molar-refractivity contribution in [1.29, 1.82) is 0 Å². The quantitative estimate of drug-likeness (QED) is 0.172. The molecular formula is C39H54N2O12. The number of carbonyl (C=O) groups excluding carboxylic acids is 4. The van der Waals surface area contributed by atoms with Gasteiger partial charge in [-0.1, -0.05) is 39.0 Å². The maximum atomic E-state index is 14.2. The zero-order chi connectivity index (χ0) is 39.1. The molecule has 14 heteroatoms. The van der Waals surface area contributed by atoms with Crippen LogP contribution in [0.1, 0.15) is 85.5 Å². The number of ether oxygens (including phenoxy) is 6. The van der Waals surface area contributed by atoms with E-state index in [0.717, 1.165) is 0 Å². The van der Waals surface area contributed by atoms with Crippen LogP contribution in [0.3, 0.4) is 0 Å². The van der Waals surface area contributed by atoms with E-state index in [1.54, 1.807) is 78.8 Å². The molecule has 12 atom stereocenters. The van der Waals surface area contributed by atoms with Crippen molar-refractivity contribution in [2.24, 2.45) is 27.9 Å². The maximum Gasteiger partial charge on any atom is 0.338 e. The number of nitrogens with one attached hydrogen (secondary N) is 1. The van der Waals surface area contributed by atoms with Crippen molar-refractivity contribution in [3.63, 3.8) is 0 Å². The van der Waals surface area contributed by atoms with Crippen LogP contribution in [0.5, 0.6) is 0 Å². The number of hydrogen-bond acceptors (Lipinski definition) is 13. The lowest BCUT2D eigenvalue weighted by molar-refractivity contribution is -0.362. The van der Waals surface area contributed by atoms with Gasteiger partial charge in [-0.05, 0) is 51.0 Å². The van der Waals surface area contributed by atoms with E-state index in [1.165, 1.54) is 13.8 Å². The van der Waals surface area contributed by atoms with Crippen LogP contribution in [0.2, 0.25) is 0 Å². The fourth-order valence-electron chi connectivity index (χ4n) is 9.71. The molecule has 292 valence electrons. The predicted molar refractivity (Wildman–Crippen MR) is 188 cm³/mol. The zero-order valence-electron chi connectivity index (χ0n) is 32.0. The molecule has 1 aromatic rings. The van der Waals surface area contributed by atoms with Gasteiger partial charge in [0.25, 0.3) is 0 Å². The molecule has 2 aliphatic heterocycles. The van der Waals surface area contributed by atoms with Crippen molar-refractivity contribution in [3.05, 3.63) is 47.0 Å². The van der Waals surface area contributed by atoms with Crippen molar-refractivity contribution in [1.82, 2.24) is 5.32 Å². The molecule has 53 heavy (non-hydrogen) atoms. The third kappa shape index (κ3) is 5.91. The number of nitrogens with two attached hydrogens (primary N) is 1. The summed E-state index contributed by atoms with van der Waals surface area (Å²) in [6, 6.07) is 7.68. The minimum atomic E-state index is -2.06. The van der Waals surface area contributed by atoms with E-state index in [9.17, 15) is 29.4 Å². The second-order valence-corrected chi connectivity index (χ2v) is 16.8. The Hall–Kier alpha value is -3.40. The number of esters is 3. The highest BCUT2D eigenvalue weighted by Gasteiger charge is 2.79. The largest absolute Gasteiger partial charge is 0.457 e. The Balaban J connectivity index is 1.60. The standard InChI is InChI=1S/C39H54N2O12/c1-19-24(49-34(46)35(5,6)20(2)41-21(3)42)16-39(47)32(52-33(45)23-13-11-10-12-14-23)30-37(9,25(44)15-26-38(30,18-48-26)53-22(4)43)31-29(28(19)36(39,7)8)50-27(17-40)51-31/h10-14,20,24-27,29-32,44,47H,15-18,40H2,1-9H3,(H,41,42). The van der Waals surface area contributed by atoms with Crippen LogP contribution >= 0.6 is 0 Å². The average Bonchev–Trinajstić information content (AvgIpc) is 3.51. The predicted octanol–water partition coefficient (Wildman–Crippen LogP) is 2.32. The molecule has 1 amide bonds. The summed E-state index contributed by atoms with van der Waals surface area (Å²) in [5, 5.41) is 28.6. The van der Waals surface area contributed by atoms with Gasteiger partial charge in [-0.3, -0.25) is 14.4 Å². The van der Waals surface area contributed by atoms with Gasteiger partial charge in [0.2, 0.25) is 5.91 Å². The van der Waals surface area contributed by atoms with Crippen LogP contribution in [0, 0.1) is 22.2 Å². The van der Waals surface area contributed by atoms with Gasteiger partial charge in [0, 0.05) is 50.1 Å². The van der Waals surface area contributed by atoms with Crippen LogP contribution in [0.25, 0.3) is 0 Å². The fourth-order valence-corrected chi connectivity index (χ4v) is 9.71. The summed E-state index contributed by atoms with van der Waals surface area (Å²) in [5.41, 5.74) is 0.0689. The minimum Gasteiger partial charge on any atom is -0.457 e. The van der Waals surface area contributed by atoms with Gasteiger partial charge in [0.1, 0.15) is 30.0 Å². The van der Waals surface area contributed by atoms with Crippen molar-refractivity contribution in [2.75, 3.05) is 13.2 Å². The van der Waals surface area contributed by atoms with Gasteiger partial charge >= 0.3 is 17.9 Å². The van der Waals surface area contributed by atoms with E-state index in [1.807, 2.05) is 0 Å². The van der Waals surface area contributed by atoms with Gasteiger partial charge in [0.05, 0.1) is 35.7 Å². The Bertz CT molecular complexity index is 1680. The van der Waals surface area contributed by atoms with Gasteiger partial charge in [-0.2, -0.15) is 0 Å². The Labute approximate surface area is 310 Å². The summed E-state index contributed by atoms with van der Waals surface area (Å²) < 4.78 is 38.2. The molecule has 2 heterocycles. The van der Waals surface area contributed by atoms with Gasteiger partial charge in [0.15, 0.2) is 11.9 Å². The molecule has 5 N–H and O–H groups in total. The highest BCUT2D eigenvalue weighted by Crippen LogP contribution is 2.66. The van der Waals surface area contributed by atoms with E-state index < -0.39 is 100 Å². The van der Waals surface area contributed by atoms with Crippen LogP contribution in [-0.2, 0) is 42.8 Å². The maximum absolute atomic E-state index is 14.2. The summed E-state index contributed by atoms with van der Waals surface area (Å²) in [6.07, 6.45) is -7.59. The third-order valence-corrected chi connectivity index (χ3v) is 13.2. The molecule has 12 unspecified atom stereocenters. The number of aliphatic hydroxyl groups is 2. The zero-order valence-corrected chi connectivity index (χ0v) is 32.0. The number of rotatable bonds is 8. The summed E-state index contributed by atoms with van der Waals surface area (Å²) >= 11 is 0. The van der Waals surface area contributed by atoms with Gasteiger partial charge < -0.3 is 49.7 Å². The number of fused-ring (bicyclic) bond motifs is 8. The monoisotopic (exact) mass is 742 g/mol. The van der Waals surface area contributed by atoms with Crippen LogP contribution in [0.15, 0.2) is 41.5 Å². The number of amides is 1. The summed E-state index contributed by atoms with van der Waals surface area (Å²) in [6.45, 7) is 14.7. The molecule has 2 saturated heterocycles. The highest BCUT2D eigenvalue weighted by molar-refractivity contribution is 5.89. The first-order valence-electron chi connectivity index (χ1n) is 18.3. The molecular weight excluding hydrogens is 688 g/mol. The number of aliphatic hydroxyl groups excluding tert-OH is 1. The molecule has 3 aliphatic carbocycles. The Morgan fingerprint density at radius 1 is 1.08 bits per heavy atom. The molecule has 5 aliphatic rings. The molecule has 1 aromatic carbocycles. The first kappa shape index (κ1) is 39.3. The number of carbonyl (C=O) groups is 4.